The van der Waals surface area contributed by atoms with E-state index in [0.29, 0.717) is 17.6 Å². The first-order chi connectivity index (χ1) is 10.5. The molecule has 0 aliphatic heterocycles. The minimum absolute atomic E-state index is 0.0132. The summed E-state index contributed by atoms with van der Waals surface area (Å²) in [5, 5.41) is 11.1. The molecule has 4 aliphatic rings. The van der Waals surface area contributed by atoms with Crippen LogP contribution in [-0.4, -0.2) is 16.5 Å². The quantitative estimate of drug-likeness (QED) is 0.732. The highest BCUT2D eigenvalue weighted by Gasteiger charge is 2.56. The molecular formula is C20H28O2. The average molecular weight is 300 g/mol. The topological polar surface area (TPSA) is 37.3 Å². The van der Waals surface area contributed by atoms with Gasteiger partial charge < -0.3 is 5.11 Å². The van der Waals surface area contributed by atoms with Crippen LogP contribution in [0.4, 0.5) is 0 Å². The molecule has 0 aromatic rings. The summed E-state index contributed by atoms with van der Waals surface area (Å²) in [5.74, 6) is 1.62. The summed E-state index contributed by atoms with van der Waals surface area (Å²) in [4.78, 5) is 11.7. The standard InChI is InChI=1S/C20H28O2/c1-3-20(22)11-9-18-17-6-4-13-12-14(21)5-7-15(13)16(17)8-10-19(18,20)2/h12,15-16,22H,3-11H2,1-2H3/t15-,16+,19-,20-/m0/s1. The van der Waals surface area contributed by atoms with Gasteiger partial charge in [-0.25, -0.2) is 0 Å². The molecule has 4 atom stereocenters. The molecular weight excluding hydrogens is 272 g/mol. The Morgan fingerprint density at radius 1 is 1.14 bits per heavy atom. The SMILES string of the molecule is CC[C@]1(O)CCC2=C3CCC4=CC(=O)CC[C@@H]4[C@H]3CC[C@@]21C. The first-order valence-electron chi connectivity index (χ1n) is 9.16. The smallest absolute Gasteiger partial charge is 0.155 e. The van der Waals surface area contributed by atoms with Crippen LogP contribution in [0.3, 0.4) is 0 Å². The molecule has 0 amide bonds. The van der Waals surface area contributed by atoms with E-state index >= 15 is 0 Å². The summed E-state index contributed by atoms with van der Waals surface area (Å²) >= 11 is 0. The van der Waals surface area contributed by atoms with Crippen molar-refractivity contribution in [2.24, 2.45) is 17.3 Å². The lowest BCUT2D eigenvalue weighted by molar-refractivity contribution is -0.115. The van der Waals surface area contributed by atoms with Crippen molar-refractivity contribution in [2.75, 3.05) is 0 Å². The van der Waals surface area contributed by atoms with E-state index < -0.39 is 5.60 Å². The van der Waals surface area contributed by atoms with Crippen molar-refractivity contribution in [2.45, 2.75) is 77.2 Å². The van der Waals surface area contributed by atoms with Gasteiger partial charge in [0.1, 0.15) is 0 Å². The Bertz CT molecular complexity index is 585. The molecule has 0 aromatic heterocycles. The van der Waals surface area contributed by atoms with Crippen molar-refractivity contribution >= 4 is 5.78 Å². The molecule has 0 bridgehead atoms. The number of fused-ring (bicyclic) bond motifs is 4. The molecule has 4 rings (SSSR count). The van der Waals surface area contributed by atoms with Crippen molar-refractivity contribution < 1.29 is 9.90 Å². The Hall–Kier alpha value is -0.890. The Morgan fingerprint density at radius 2 is 1.95 bits per heavy atom. The van der Waals surface area contributed by atoms with E-state index in [-0.39, 0.29) is 5.41 Å². The van der Waals surface area contributed by atoms with Crippen molar-refractivity contribution in [3.05, 3.63) is 22.8 Å². The molecule has 2 heteroatoms. The Labute approximate surface area is 133 Å². The number of carbonyl (C=O) groups is 1. The van der Waals surface area contributed by atoms with Crippen molar-refractivity contribution in [3.63, 3.8) is 0 Å². The van der Waals surface area contributed by atoms with Crippen LogP contribution >= 0.6 is 0 Å². The summed E-state index contributed by atoms with van der Waals surface area (Å²) < 4.78 is 0. The van der Waals surface area contributed by atoms with Gasteiger partial charge in [-0.1, -0.05) is 30.6 Å². The van der Waals surface area contributed by atoms with Crippen molar-refractivity contribution in [3.8, 4) is 0 Å². The first kappa shape index (κ1) is 14.7. The summed E-state index contributed by atoms with van der Waals surface area (Å²) in [6.45, 7) is 4.46. The second-order valence-corrected chi connectivity index (χ2v) is 8.20. The van der Waals surface area contributed by atoms with Crippen LogP contribution in [0.25, 0.3) is 0 Å². The van der Waals surface area contributed by atoms with Crippen LogP contribution in [0, 0.1) is 17.3 Å². The molecule has 0 radical (unpaired) electrons. The minimum atomic E-state index is -0.487. The molecule has 2 nitrogen and oxygen atoms in total. The van der Waals surface area contributed by atoms with E-state index in [1.807, 2.05) is 6.08 Å². The second kappa shape index (κ2) is 4.80. The number of ketones is 1. The fraction of sp³-hybridized carbons (Fsp3) is 0.750. The van der Waals surface area contributed by atoms with Gasteiger partial charge in [0.25, 0.3) is 0 Å². The predicted molar refractivity (Wildman–Crippen MR) is 87.4 cm³/mol. The third kappa shape index (κ3) is 1.79. The minimum Gasteiger partial charge on any atom is -0.389 e. The van der Waals surface area contributed by atoms with Crippen molar-refractivity contribution in [1.29, 1.82) is 0 Å². The average Bonchev–Trinajstić information content (AvgIpc) is 2.79. The number of rotatable bonds is 1. The van der Waals surface area contributed by atoms with Gasteiger partial charge in [0.05, 0.1) is 5.60 Å². The lowest BCUT2D eigenvalue weighted by atomic mass is 9.56. The third-order valence-electron chi connectivity index (χ3n) is 7.55. The highest BCUT2D eigenvalue weighted by Crippen LogP contribution is 2.62. The molecule has 2 fully saturated rings. The lowest BCUT2D eigenvalue weighted by Crippen LogP contribution is -2.45. The monoisotopic (exact) mass is 300 g/mol. The zero-order chi connectivity index (χ0) is 15.5. The summed E-state index contributed by atoms with van der Waals surface area (Å²) in [7, 11) is 0. The van der Waals surface area contributed by atoms with Gasteiger partial charge in [-0.05, 0) is 69.3 Å². The molecule has 4 aliphatic carbocycles. The van der Waals surface area contributed by atoms with E-state index in [1.54, 1.807) is 11.1 Å². The molecule has 22 heavy (non-hydrogen) atoms. The maximum Gasteiger partial charge on any atom is 0.155 e. The van der Waals surface area contributed by atoms with Crippen LogP contribution < -0.4 is 0 Å². The Balaban J connectivity index is 1.75. The van der Waals surface area contributed by atoms with Gasteiger partial charge >= 0.3 is 0 Å². The maximum atomic E-state index is 11.7. The predicted octanol–water partition coefficient (Wildman–Crippen LogP) is 4.33. The lowest BCUT2D eigenvalue weighted by Gasteiger charge is -2.49. The molecule has 0 aromatic carbocycles. The fourth-order valence-electron chi connectivity index (χ4n) is 6.12. The van der Waals surface area contributed by atoms with Crippen LogP contribution in [0.5, 0.6) is 0 Å². The molecule has 120 valence electrons. The highest BCUT2D eigenvalue weighted by molar-refractivity contribution is 5.91. The molecule has 0 saturated heterocycles. The van der Waals surface area contributed by atoms with Gasteiger partial charge in [-0.2, -0.15) is 0 Å². The third-order valence-corrected chi connectivity index (χ3v) is 7.55. The highest BCUT2D eigenvalue weighted by atomic mass is 16.3. The van der Waals surface area contributed by atoms with E-state index in [9.17, 15) is 9.90 Å². The van der Waals surface area contributed by atoms with Gasteiger partial charge in [-0.3, -0.25) is 4.79 Å². The molecule has 0 unspecified atom stereocenters. The van der Waals surface area contributed by atoms with Gasteiger partial charge in [0.2, 0.25) is 0 Å². The summed E-state index contributed by atoms with van der Waals surface area (Å²) in [6, 6.07) is 0. The number of allylic oxidation sites excluding steroid dienone is 3. The Kier molecular flexibility index (Phi) is 3.21. The largest absolute Gasteiger partial charge is 0.389 e. The van der Waals surface area contributed by atoms with Gasteiger partial charge in [0, 0.05) is 11.8 Å². The molecule has 2 saturated carbocycles. The molecule has 1 N–H and O–H groups in total. The molecule has 0 heterocycles. The van der Waals surface area contributed by atoms with Crippen LogP contribution in [0.2, 0.25) is 0 Å². The van der Waals surface area contributed by atoms with Crippen LogP contribution in [-0.2, 0) is 4.79 Å². The summed E-state index contributed by atoms with van der Waals surface area (Å²) in [5.41, 5.74) is 4.23. The van der Waals surface area contributed by atoms with Crippen molar-refractivity contribution in [1.82, 2.24) is 0 Å². The van der Waals surface area contributed by atoms with E-state index in [4.69, 9.17) is 0 Å². The number of hydrogen-bond donors (Lipinski definition) is 1. The molecule has 0 spiro atoms. The maximum absolute atomic E-state index is 11.7. The summed E-state index contributed by atoms with van der Waals surface area (Å²) in [6.07, 6.45) is 11.2. The van der Waals surface area contributed by atoms with Gasteiger partial charge in [-0.15, -0.1) is 0 Å². The van der Waals surface area contributed by atoms with Gasteiger partial charge in [0.15, 0.2) is 5.78 Å². The number of hydrogen-bond acceptors (Lipinski definition) is 2. The fourth-order valence-corrected chi connectivity index (χ4v) is 6.12. The number of carbonyl (C=O) groups excluding carboxylic acids is 1. The van der Waals surface area contributed by atoms with E-state index in [2.05, 4.69) is 13.8 Å². The zero-order valence-corrected chi connectivity index (χ0v) is 14.0. The number of aliphatic hydroxyl groups is 1. The zero-order valence-electron chi connectivity index (χ0n) is 14.0. The normalized spacial score (nSPS) is 44.3. The second-order valence-electron chi connectivity index (χ2n) is 8.20. The van der Waals surface area contributed by atoms with Crippen LogP contribution in [0.1, 0.15) is 71.6 Å². The van der Waals surface area contributed by atoms with Crippen LogP contribution in [0.15, 0.2) is 22.8 Å². The Morgan fingerprint density at radius 3 is 2.73 bits per heavy atom. The van der Waals surface area contributed by atoms with E-state index in [0.717, 1.165) is 51.4 Å². The van der Waals surface area contributed by atoms with E-state index in [1.165, 1.54) is 12.0 Å². The first-order valence-corrected chi connectivity index (χ1v) is 9.16.